The molecule has 0 spiro atoms. The van der Waals surface area contributed by atoms with E-state index in [0.717, 1.165) is 12.1 Å². The summed E-state index contributed by atoms with van der Waals surface area (Å²) in [4.78, 5) is 37.7. The lowest BCUT2D eigenvalue weighted by Gasteiger charge is -2.20. The Balaban J connectivity index is 0.000000229. The molecule has 2 saturated carbocycles. The number of amides is 3. The number of anilines is 4. The van der Waals surface area contributed by atoms with Crippen LogP contribution in [-0.2, 0) is 25.2 Å². The number of nitrogens with one attached hydrogen (secondary N) is 3. The molecule has 2 aliphatic heterocycles. The van der Waals surface area contributed by atoms with Gasteiger partial charge in [-0.05, 0) is 126 Å². The molecule has 328 valence electrons. The molecule has 8 rings (SSSR count). The summed E-state index contributed by atoms with van der Waals surface area (Å²) in [6.45, 7) is 5.08. The van der Waals surface area contributed by atoms with Crippen LogP contribution < -0.4 is 40.6 Å². The minimum absolute atomic E-state index is 0. The van der Waals surface area contributed by atoms with Gasteiger partial charge in [0.05, 0.1) is 27.9 Å². The molecule has 20 heteroatoms. The molecule has 0 aromatic heterocycles. The fourth-order valence-electron chi connectivity index (χ4n) is 6.33. The Morgan fingerprint density at radius 2 is 1.03 bits per heavy atom. The topological polar surface area (TPSA) is 159 Å². The molecule has 0 bridgehead atoms. The van der Waals surface area contributed by atoms with Crippen molar-refractivity contribution in [2.75, 3.05) is 21.7 Å². The average molecular weight is 991 g/mol. The molecule has 4 aliphatic rings. The van der Waals surface area contributed by atoms with E-state index in [1.807, 2.05) is 0 Å². The molecule has 0 radical (unpaired) electrons. The Bertz CT molecular complexity index is 2410. The van der Waals surface area contributed by atoms with E-state index >= 15 is 0 Å². The zero-order valence-electron chi connectivity index (χ0n) is 31.0. The molecule has 2 fully saturated rings. The van der Waals surface area contributed by atoms with Crippen LogP contribution >= 0.6 is 31.9 Å². The second kappa shape index (κ2) is 16.5. The van der Waals surface area contributed by atoms with Gasteiger partial charge in [0.2, 0.25) is 11.8 Å². The lowest BCUT2D eigenvalue weighted by molar-refractivity contribution is -0.287. The van der Waals surface area contributed by atoms with Gasteiger partial charge in [0.1, 0.15) is 17.2 Å². The number of carbonyl (C=O) groups is 3. The predicted molar refractivity (Wildman–Crippen MR) is 220 cm³/mol. The molecule has 0 atom stereocenters. The van der Waals surface area contributed by atoms with Crippen LogP contribution in [0.5, 0.6) is 23.0 Å². The Hall–Kier alpha value is -5.37. The van der Waals surface area contributed by atoms with E-state index < -0.39 is 58.6 Å². The lowest BCUT2D eigenvalue weighted by Crippen LogP contribution is -2.28. The summed E-state index contributed by atoms with van der Waals surface area (Å²) in [5, 5.41) is 7.53. The monoisotopic (exact) mass is 988 g/mol. The van der Waals surface area contributed by atoms with Gasteiger partial charge in [-0.15, -0.1) is 17.6 Å². The average Bonchev–Trinajstić information content (AvgIpc) is 4.04. The Labute approximate surface area is 363 Å². The van der Waals surface area contributed by atoms with Crippen LogP contribution in [0.4, 0.5) is 53.9 Å². The van der Waals surface area contributed by atoms with Crippen molar-refractivity contribution in [3.05, 3.63) is 92.4 Å². The number of alkyl halides is 4. The smallest absolute Gasteiger partial charge is 0.444 e. The third kappa shape index (κ3) is 9.90. The zero-order valence-corrected chi connectivity index (χ0v) is 34.1. The first-order chi connectivity index (χ1) is 27.5. The summed E-state index contributed by atoms with van der Waals surface area (Å²) >= 11 is 6.43. The van der Waals surface area contributed by atoms with Gasteiger partial charge in [-0.25, -0.2) is 13.6 Å². The van der Waals surface area contributed by atoms with Gasteiger partial charge < -0.3 is 40.1 Å². The first-order valence-corrected chi connectivity index (χ1v) is 19.2. The number of halogens is 8. The highest BCUT2D eigenvalue weighted by Crippen LogP contribution is 2.54. The number of hydrogen-bond acceptors (Lipinski definition) is 9. The largest absolute Gasteiger partial charge is 0.586 e. The number of nitrogen functional groups attached to an aromatic ring is 1. The van der Waals surface area contributed by atoms with Crippen LogP contribution in [0, 0.1) is 11.6 Å². The van der Waals surface area contributed by atoms with Crippen molar-refractivity contribution in [2.45, 2.75) is 90.3 Å². The molecule has 0 unspecified atom stereocenters. The van der Waals surface area contributed by atoms with Gasteiger partial charge >= 0.3 is 18.7 Å². The van der Waals surface area contributed by atoms with E-state index in [-0.39, 0.29) is 60.6 Å². The first-order valence-electron chi connectivity index (χ1n) is 17.7. The fraction of sp³-hybridized carbons (Fsp3) is 0.341. The van der Waals surface area contributed by atoms with E-state index in [2.05, 4.69) is 66.8 Å². The van der Waals surface area contributed by atoms with Crippen LogP contribution in [-0.4, -0.2) is 36.1 Å². The van der Waals surface area contributed by atoms with E-state index in [9.17, 15) is 40.7 Å². The van der Waals surface area contributed by atoms with Crippen LogP contribution in [0.1, 0.15) is 72.4 Å². The van der Waals surface area contributed by atoms with Crippen molar-refractivity contribution in [3.63, 3.8) is 0 Å². The summed E-state index contributed by atoms with van der Waals surface area (Å²) in [5.41, 5.74) is 4.11. The summed E-state index contributed by atoms with van der Waals surface area (Å²) in [5.74, 6) is -2.88. The third-order valence-electron chi connectivity index (χ3n) is 9.55. The van der Waals surface area contributed by atoms with E-state index in [1.165, 1.54) is 48.5 Å². The minimum atomic E-state index is -3.76. The quantitative estimate of drug-likeness (QED) is 0.104. The molecule has 5 N–H and O–H groups in total. The first kappa shape index (κ1) is 46.7. The number of carbonyl (C=O) groups excluding carboxylic acids is 3. The molecule has 61 heavy (non-hydrogen) atoms. The van der Waals surface area contributed by atoms with Crippen molar-refractivity contribution in [3.8, 4) is 23.0 Å². The molecule has 0 saturated heterocycles. The minimum Gasteiger partial charge on any atom is -0.444 e. The van der Waals surface area contributed by atoms with Crippen molar-refractivity contribution in [1.29, 1.82) is 0 Å². The van der Waals surface area contributed by atoms with Gasteiger partial charge in [-0.2, -0.15) is 0 Å². The molecular weight excluding hydrogens is 950 g/mol. The number of ether oxygens (including phenoxy) is 5. The number of rotatable bonds is 7. The second-order valence-corrected chi connectivity index (χ2v) is 16.7. The molecule has 4 aromatic carbocycles. The van der Waals surface area contributed by atoms with Crippen LogP contribution in [0.2, 0.25) is 0 Å². The predicted octanol–water partition coefficient (Wildman–Crippen LogP) is 11.4. The molecule has 2 aliphatic carbocycles. The highest BCUT2D eigenvalue weighted by atomic mass is 79.9. The molecule has 3 amide bonds. The maximum absolute atomic E-state index is 14.7. The van der Waals surface area contributed by atoms with E-state index in [0.29, 0.717) is 45.8 Å². The summed E-state index contributed by atoms with van der Waals surface area (Å²) < 4.78 is 105. The number of benzene rings is 4. The van der Waals surface area contributed by atoms with E-state index in [4.69, 9.17) is 10.5 Å². The van der Waals surface area contributed by atoms with Crippen molar-refractivity contribution >= 4 is 72.5 Å². The highest BCUT2D eigenvalue weighted by molar-refractivity contribution is 9.11. The Morgan fingerprint density at radius 3 is 1.46 bits per heavy atom. The van der Waals surface area contributed by atoms with Gasteiger partial charge in [-0.3, -0.25) is 14.9 Å². The molecule has 12 nitrogen and oxygen atoms in total. The maximum Gasteiger partial charge on any atom is 0.586 e. The summed E-state index contributed by atoms with van der Waals surface area (Å²) in [6, 6.07) is 13.2. The summed E-state index contributed by atoms with van der Waals surface area (Å²) in [6.07, 6.45) is -6.32. The Morgan fingerprint density at radius 1 is 0.623 bits per heavy atom. The molecular formula is C41H40Br2F6N4O8. The maximum atomic E-state index is 14.7. The normalized spacial score (nSPS) is 17.2. The van der Waals surface area contributed by atoms with Crippen molar-refractivity contribution in [1.82, 2.24) is 0 Å². The fourth-order valence-corrected chi connectivity index (χ4v) is 7.12. The van der Waals surface area contributed by atoms with Crippen molar-refractivity contribution in [2.24, 2.45) is 0 Å². The van der Waals surface area contributed by atoms with Crippen molar-refractivity contribution < 1.29 is 64.4 Å². The standard InChI is InChI=1S/C22H20BrF3N2O5.C17H12BrF3N2O3.2CH4/c1-20(2,3)33-19(30)28-14-10-13(24)15(9-12(14)23)27-18(29)21(6-7-21)11-4-5-16-17(8-11)32-22(25,26)31-16;18-9-6-12(10(19)7-11(9)22)23-15(24)16(3-4-16)8-1-2-13-14(5-8)26-17(20,21)25-13;;/h4-5,8-10H,6-7H2,1-3H3,(H,27,29)(H,28,30);1-2,5-7H,3-4,22H2,(H,23,24);2*1H4. The molecule has 2 heterocycles. The van der Waals surface area contributed by atoms with E-state index in [1.54, 1.807) is 20.8 Å². The molecule has 4 aromatic rings. The SMILES string of the molecule is C.C.CC(C)(C)OC(=O)Nc1cc(F)c(NC(=O)C2(c3ccc4c(c3)OC(F)(F)O4)CC2)cc1Br.Nc1cc(F)c(NC(=O)C2(c3ccc4c(c3)OC(F)(F)O4)CC2)cc1Br. The van der Waals surface area contributed by atoms with Gasteiger partial charge in [0, 0.05) is 26.8 Å². The third-order valence-corrected chi connectivity index (χ3v) is 10.9. The Kier molecular flexibility index (Phi) is 12.6. The van der Waals surface area contributed by atoms with Crippen LogP contribution in [0.25, 0.3) is 0 Å². The van der Waals surface area contributed by atoms with Crippen LogP contribution in [0.15, 0.2) is 69.6 Å². The zero-order chi connectivity index (χ0) is 42.9. The highest BCUT2D eigenvalue weighted by Gasteiger charge is 2.54. The summed E-state index contributed by atoms with van der Waals surface area (Å²) in [7, 11) is 0. The number of hydrogen-bond donors (Lipinski definition) is 4. The lowest BCUT2D eigenvalue weighted by atomic mass is 9.94. The second-order valence-electron chi connectivity index (χ2n) is 15.0. The number of fused-ring (bicyclic) bond motifs is 2. The number of nitrogens with two attached hydrogens (primary N) is 1. The van der Waals surface area contributed by atoms with Crippen LogP contribution in [0.3, 0.4) is 0 Å². The van der Waals surface area contributed by atoms with Gasteiger partial charge in [-0.1, -0.05) is 27.0 Å². The van der Waals surface area contributed by atoms with Gasteiger partial charge in [0.15, 0.2) is 23.0 Å². The van der Waals surface area contributed by atoms with Gasteiger partial charge in [0.25, 0.3) is 0 Å².